The topological polar surface area (TPSA) is 50.3 Å². The average molecular weight is 276 g/mol. The molecule has 1 N–H and O–H groups in total. The highest BCUT2D eigenvalue weighted by atomic mass is 16.5. The van der Waals surface area contributed by atoms with Crippen molar-refractivity contribution in [1.82, 2.24) is 15.3 Å². The first-order valence-electron chi connectivity index (χ1n) is 7.49. The predicted octanol–water partition coefficient (Wildman–Crippen LogP) is 1.62. The highest BCUT2D eigenvalue weighted by Crippen LogP contribution is 2.42. The van der Waals surface area contributed by atoms with Crippen molar-refractivity contribution in [2.45, 2.75) is 33.2 Å². The molecule has 3 heterocycles. The van der Waals surface area contributed by atoms with Crippen LogP contribution in [0.3, 0.4) is 0 Å². The van der Waals surface area contributed by atoms with Crippen LogP contribution in [0, 0.1) is 18.8 Å². The van der Waals surface area contributed by atoms with E-state index in [-0.39, 0.29) is 5.54 Å². The van der Waals surface area contributed by atoms with E-state index in [9.17, 15) is 0 Å². The average Bonchev–Trinajstić information content (AvgIpc) is 2.92. The second-order valence-corrected chi connectivity index (χ2v) is 6.37. The number of nitrogens with one attached hydrogen (secondary N) is 1. The lowest BCUT2D eigenvalue weighted by molar-refractivity contribution is 0.323. The summed E-state index contributed by atoms with van der Waals surface area (Å²) in [5.74, 6) is 2.86. The number of fused-ring (bicyclic) bond motifs is 1. The lowest BCUT2D eigenvalue weighted by Crippen LogP contribution is -2.45. The summed E-state index contributed by atoms with van der Waals surface area (Å²) >= 11 is 0. The van der Waals surface area contributed by atoms with Gasteiger partial charge in [-0.2, -0.15) is 4.98 Å². The Bertz CT molecular complexity index is 503. The van der Waals surface area contributed by atoms with E-state index in [0.717, 1.165) is 31.3 Å². The Labute approximate surface area is 120 Å². The van der Waals surface area contributed by atoms with Gasteiger partial charge in [-0.3, -0.25) is 0 Å². The van der Waals surface area contributed by atoms with Gasteiger partial charge in [0.15, 0.2) is 0 Å². The van der Waals surface area contributed by atoms with Gasteiger partial charge in [0.2, 0.25) is 11.8 Å². The minimum Gasteiger partial charge on any atom is -0.478 e. The van der Waals surface area contributed by atoms with Crippen molar-refractivity contribution in [2.24, 2.45) is 11.8 Å². The number of aromatic nitrogens is 2. The summed E-state index contributed by atoms with van der Waals surface area (Å²) in [4.78, 5) is 11.6. The Hall–Kier alpha value is -1.36. The van der Waals surface area contributed by atoms with Gasteiger partial charge >= 0.3 is 0 Å². The molecule has 110 valence electrons. The van der Waals surface area contributed by atoms with Crippen LogP contribution in [0.1, 0.15) is 26.5 Å². The van der Waals surface area contributed by atoms with Crippen LogP contribution < -0.4 is 15.0 Å². The molecule has 2 saturated heterocycles. The number of nitrogens with zero attached hydrogens (tertiary/aromatic N) is 3. The second kappa shape index (κ2) is 4.88. The molecular weight excluding hydrogens is 252 g/mol. The smallest absolute Gasteiger partial charge is 0.229 e. The highest BCUT2D eigenvalue weighted by Gasteiger charge is 2.50. The van der Waals surface area contributed by atoms with Crippen LogP contribution in [0.5, 0.6) is 5.88 Å². The van der Waals surface area contributed by atoms with Gasteiger partial charge in [0, 0.05) is 36.9 Å². The van der Waals surface area contributed by atoms with Crippen molar-refractivity contribution in [3.8, 4) is 5.88 Å². The van der Waals surface area contributed by atoms with Crippen molar-refractivity contribution in [3.05, 3.63) is 11.8 Å². The Kier molecular flexibility index (Phi) is 3.32. The van der Waals surface area contributed by atoms with Crippen molar-refractivity contribution in [3.63, 3.8) is 0 Å². The van der Waals surface area contributed by atoms with Gasteiger partial charge in [0.1, 0.15) is 0 Å². The molecule has 2 unspecified atom stereocenters. The van der Waals surface area contributed by atoms with Gasteiger partial charge in [-0.25, -0.2) is 4.98 Å². The van der Waals surface area contributed by atoms with Gasteiger partial charge in [0.05, 0.1) is 6.61 Å². The van der Waals surface area contributed by atoms with Crippen molar-refractivity contribution in [1.29, 1.82) is 0 Å². The highest BCUT2D eigenvalue weighted by molar-refractivity contribution is 5.41. The first-order chi connectivity index (χ1) is 9.52. The van der Waals surface area contributed by atoms with E-state index in [0.29, 0.717) is 24.3 Å². The molecule has 0 spiro atoms. The van der Waals surface area contributed by atoms with Gasteiger partial charge < -0.3 is 15.0 Å². The molecule has 5 nitrogen and oxygen atoms in total. The van der Waals surface area contributed by atoms with E-state index in [2.05, 4.69) is 34.0 Å². The van der Waals surface area contributed by atoms with E-state index in [4.69, 9.17) is 4.74 Å². The minimum atomic E-state index is 0.0887. The summed E-state index contributed by atoms with van der Waals surface area (Å²) in [6, 6.07) is 1.90. The van der Waals surface area contributed by atoms with Crippen LogP contribution >= 0.6 is 0 Å². The number of hydrogen-bond donors (Lipinski definition) is 1. The lowest BCUT2D eigenvalue weighted by atomic mass is 9.85. The van der Waals surface area contributed by atoms with E-state index < -0.39 is 0 Å². The van der Waals surface area contributed by atoms with Gasteiger partial charge in [0.25, 0.3) is 0 Å². The normalized spacial score (nSPS) is 27.7. The molecule has 20 heavy (non-hydrogen) atoms. The fourth-order valence-electron chi connectivity index (χ4n) is 3.63. The summed E-state index contributed by atoms with van der Waals surface area (Å²) in [5.41, 5.74) is 1.05. The van der Waals surface area contributed by atoms with Gasteiger partial charge in [-0.15, -0.1) is 0 Å². The van der Waals surface area contributed by atoms with Crippen LogP contribution in [-0.2, 0) is 0 Å². The van der Waals surface area contributed by atoms with Crippen LogP contribution in [0.15, 0.2) is 6.07 Å². The SMILES string of the molecule is CCOc1cc(C)nc(N2CC3CNCC3C2(C)C)n1. The number of anilines is 1. The number of hydrogen-bond acceptors (Lipinski definition) is 5. The number of aryl methyl sites for hydroxylation is 1. The van der Waals surface area contributed by atoms with Crippen LogP contribution in [0.2, 0.25) is 0 Å². The summed E-state index contributed by atoms with van der Waals surface area (Å²) in [5, 5.41) is 3.50. The standard InChI is InChI=1S/C15H24N4O/c1-5-20-13-6-10(2)17-14(18-13)19-9-11-7-16-8-12(11)15(19,3)4/h6,11-12,16H,5,7-9H2,1-4H3. The summed E-state index contributed by atoms with van der Waals surface area (Å²) in [7, 11) is 0. The number of rotatable bonds is 3. The summed E-state index contributed by atoms with van der Waals surface area (Å²) < 4.78 is 5.56. The molecule has 2 fully saturated rings. The third-order valence-electron chi connectivity index (χ3n) is 4.71. The molecule has 0 aliphatic carbocycles. The molecule has 0 bridgehead atoms. The molecule has 2 atom stereocenters. The van der Waals surface area contributed by atoms with E-state index in [1.54, 1.807) is 0 Å². The van der Waals surface area contributed by atoms with E-state index in [1.807, 2.05) is 19.9 Å². The molecule has 0 aromatic carbocycles. The quantitative estimate of drug-likeness (QED) is 0.909. The molecule has 2 aliphatic rings. The molecule has 2 aliphatic heterocycles. The Morgan fingerprint density at radius 3 is 2.90 bits per heavy atom. The van der Waals surface area contributed by atoms with E-state index >= 15 is 0 Å². The minimum absolute atomic E-state index is 0.0887. The third kappa shape index (κ3) is 2.14. The van der Waals surface area contributed by atoms with Gasteiger partial charge in [-0.05, 0) is 39.5 Å². The first kappa shape index (κ1) is 13.6. The fraction of sp³-hybridized carbons (Fsp3) is 0.733. The second-order valence-electron chi connectivity index (χ2n) is 6.37. The Morgan fingerprint density at radius 1 is 1.40 bits per heavy atom. The molecule has 1 aromatic rings. The van der Waals surface area contributed by atoms with Crippen molar-refractivity contribution >= 4 is 5.95 Å². The molecule has 0 saturated carbocycles. The maximum Gasteiger partial charge on any atom is 0.229 e. The monoisotopic (exact) mass is 276 g/mol. The maximum absolute atomic E-state index is 5.56. The molecule has 0 amide bonds. The summed E-state index contributed by atoms with van der Waals surface area (Å²) in [6.07, 6.45) is 0. The van der Waals surface area contributed by atoms with Crippen LogP contribution in [-0.4, -0.2) is 41.7 Å². The fourth-order valence-corrected chi connectivity index (χ4v) is 3.63. The first-order valence-corrected chi connectivity index (χ1v) is 7.49. The largest absolute Gasteiger partial charge is 0.478 e. The van der Waals surface area contributed by atoms with Gasteiger partial charge in [-0.1, -0.05) is 0 Å². The predicted molar refractivity (Wildman–Crippen MR) is 79.2 cm³/mol. The third-order valence-corrected chi connectivity index (χ3v) is 4.71. The van der Waals surface area contributed by atoms with Crippen molar-refractivity contribution < 1.29 is 4.74 Å². The van der Waals surface area contributed by atoms with Crippen LogP contribution in [0.4, 0.5) is 5.95 Å². The van der Waals surface area contributed by atoms with Crippen LogP contribution in [0.25, 0.3) is 0 Å². The number of ether oxygens (including phenoxy) is 1. The van der Waals surface area contributed by atoms with Crippen molar-refractivity contribution in [2.75, 3.05) is 31.1 Å². The van der Waals surface area contributed by atoms with E-state index in [1.165, 1.54) is 0 Å². The molecular formula is C15H24N4O. The zero-order valence-electron chi connectivity index (χ0n) is 12.8. The maximum atomic E-state index is 5.56. The lowest BCUT2D eigenvalue weighted by Gasteiger charge is -2.35. The zero-order chi connectivity index (χ0) is 14.3. The molecule has 5 heteroatoms. The zero-order valence-corrected chi connectivity index (χ0v) is 12.8. The Balaban J connectivity index is 1.93. The Morgan fingerprint density at radius 2 is 2.20 bits per heavy atom. The summed E-state index contributed by atoms with van der Waals surface area (Å²) in [6.45, 7) is 12.4. The molecule has 1 aromatic heterocycles. The molecule has 3 rings (SSSR count). The molecule has 0 radical (unpaired) electrons.